The predicted octanol–water partition coefficient (Wildman–Crippen LogP) is 4.80. The van der Waals surface area contributed by atoms with Crippen molar-refractivity contribution < 1.29 is 18.7 Å². The van der Waals surface area contributed by atoms with Gasteiger partial charge in [-0.2, -0.15) is 0 Å². The second kappa shape index (κ2) is 8.07. The van der Waals surface area contributed by atoms with Gasteiger partial charge in [0.15, 0.2) is 5.76 Å². The Morgan fingerprint density at radius 3 is 2.80 bits per heavy atom. The second-order valence-corrected chi connectivity index (χ2v) is 9.05. The van der Waals surface area contributed by atoms with Gasteiger partial charge >= 0.3 is 11.6 Å². The lowest BCUT2D eigenvalue weighted by atomic mass is 9.88. The summed E-state index contributed by atoms with van der Waals surface area (Å²) in [7, 11) is 0. The fourth-order valence-corrected chi connectivity index (χ4v) is 5.13. The topological polar surface area (TPSA) is 85.6 Å². The largest absolute Gasteiger partial charge is 0.459 e. The first-order valence-electron chi connectivity index (χ1n) is 10.0. The van der Waals surface area contributed by atoms with E-state index in [1.165, 1.54) is 17.4 Å². The van der Waals surface area contributed by atoms with Crippen LogP contribution in [0.1, 0.15) is 58.5 Å². The molecular weight excluding hydrogens is 402 g/mol. The minimum absolute atomic E-state index is 0.0957. The molecule has 1 N–H and O–H groups in total. The Kier molecular flexibility index (Phi) is 5.47. The molecule has 156 valence electrons. The van der Waals surface area contributed by atoms with Gasteiger partial charge in [0.05, 0.1) is 17.1 Å². The van der Waals surface area contributed by atoms with Crippen LogP contribution in [0.25, 0.3) is 10.8 Å². The van der Waals surface area contributed by atoms with Gasteiger partial charge in [0.2, 0.25) is 0 Å². The fourth-order valence-electron chi connectivity index (χ4n) is 3.74. The molecule has 1 atom stereocenters. The van der Waals surface area contributed by atoms with Gasteiger partial charge in [-0.15, -0.1) is 11.3 Å². The van der Waals surface area contributed by atoms with Gasteiger partial charge in [0.25, 0.3) is 5.91 Å². The number of hydrogen-bond acceptors (Lipinski definition) is 6. The fraction of sp³-hybridized carbons (Fsp3) is 0.348. The molecule has 2 heterocycles. The highest BCUT2D eigenvalue weighted by atomic mass is 32.1. The molecule has 0 spiro atoms. The standard InChI is InChI=1S/C23H23NO5S/c1-12(2)28-23(27)19-16-9-8-13(3)10-18(16)30-21(19)24-20(25)17-11-14-6-4-5-7-15(14)22(26)29-17/h4-7,11-13H,8-10H2,1-3H3,(H,24,25)/t13-/m0/s1. The summed E-state index contributed by atoms with van der Waals surface area (Å²) in [5.41, 5.74) is 0.808. The maximum absolute atomic E-state index is 12.9. The van der Waals surface area contributed by atoms with Gasteiger partial charge in [-0.05, 0) is 62.1 Å². The van der Waals surface area contributed by atoms with Crippen LogP contribution in [0.2, 0.25) is 0 Å². The third kappa shape index (κ3) is 3.89. The highest BCUT2D eigenvalue weighted by Crippen LogP contribution is 2.40. The number of benzene rings is 1. The lowest BCUT2D eigenvalue weighted by Crippen LogP contribution is -2.19. The molecule has 7 heteroatoms. The van der Waals surface area contributed by atoms with Crippen LogP contribution in [0.5, 0.6) is 0 Å². The number of anilines is 1. The number of carbonyl (C=O) groups excluding carboxylic acids is 2. The number of thiophene rings is 1. The molecule has 2 aromatic heterocycles. The SMILES string of the molecule is CC(C)OC(=O)c1c(NC(=O)c2cc3ccccc3c(=O)o2)sc2c1CC[C@H](C)C2. The molecule has 0 fully saturated rings. The zero-order valence-electron chi connectivity index (χ0n) is 17.1. The molecule has 1 aliphatic rings. The number of amides is 1. The number of carbonyl (C=O) groups is 2. The second-order valence-electron chi connectivity index (χ2n) is 7.95. The van der Waals surface area contributed by atoms with E-state index in [1.807, 2.05) is 0 Å². The first kappa shape index (κ1) is 20.3. The quantitative estimate of drug-likeness (QED) is 0.607. The molecule has 0 aliphatic heterocycles. The Bertz CT molecular complexity index is 1190. The average molecular weight is 426 g/mol. The number of rotatable bonds is 4. The molecule has 30 heavy (non-hydrogen) atoms. The van der Waals surface area contributed by atoms with E-state index >= 15 is 0 Å². The van der Waals surface area contributed by atoms with Crippen molar-refractivity contribution >= 4 is 39.0 Å². The van der Waals surface area contributed by atoms with Crippen LogP contribution in [0.15, 0.2) is 39.5 Å². The summed E-state index contributed by atoms with van der Waals surface area (Å²) in [6.45, 7) is 5.76. The van der Waals surface area contributed by atoms with Crippen LogP contribution in [-0.4, -0.2) is 18.0 Å². The van der Waals surface area contributed by atoms with E-state index in [0.29, 0.717) is 27.3 Å². The minimum atomic E-state index is -0.572. The van der Waals surface area contributed by atoms with Gasteiger partial charge in [-0.3, -0.25) is 4.79 Å². The molecule has 6 nitrogen and oxygen atoms in total. The summed E-state index contributed by atoms with van der Waals surface area (Å²) in [5.74, 6) is -0.579. The molecule has 0 saturated carbocycles. The van der Waals surface area contributed by atoms with Crippen LogP contribution in [0.4, 0.5) is 5.00 Å². The summed E-state index contributed by atoms with van der Waals surface area (Å²) in [6.07, 6.45) is 2.36. The van der Waals surface area contributed by atoms with Crippen molar-refractivity contribution in [3.8, 4) is 0 Å². The van der Waals surface area contributed by atoms with E-state index in [4.69, 9.17) is 9.15 Å². The van der Waals surface area contributed by atoms with Crippen molar-refractivity contribution in [1.29, 1.82) is 0 Å². The zero-order chi connectivity index (χ0) is 21.4. The van der Waals surface area contributed by atoms with E-state index in [9.17, 15) is 14.4 Å². The molecule has 3 aromatic rings. The molecule has 0 saturated heterocycles. The molecule has 0 unspecified atom stereocenters. The van der Waals surface area contributed by atoms with Gasteiger partial charge < -0.3 is 14.5 Å². The first-order valence-corrected chi connectivity index (χ1v) is 10.8. The van der Waals surface area contributed by atoms with E-state index in [0.717, 1.165) is 29.7 Å². The van der Waals surface area contributed by atoms with Gasteiger partial charge in [0.1, 0.15) is 5.00 Å². The highest BCUT2D eigenvalue weighted by Gasteiger charge is 2.30. The van der Waals surface area contributed by atoms with Crippen LogP contribution in [0.3, 0.4) is 0 Å². The molecule has 1 aromatic carbocycles. The van der Waals surface area contributed by atoms with Crippen LogP contribution in [-0.2, 0) is 17.6 Å². The number of hydrogen-bond donors (Lipinski definition) is 1. The summed E-state index contributed by atoms with van der Waals surface area (Å²) in [5, 5.41) is 4.27. The Hall–Kier alpha value is -2.93. The van der Waals surface area contributed by atoms with Crippen LogP contribution < -0.4 is 10.9 Å². The van der Waals surface area contributed by atoms with Gasteiger partial charge in [-0.1, -0.05) is 25.1 Å². The van der Waals surface area contributed by atoms with Crippen molar-refractivity contribution in [3.05, 3.63) is 62.5 Å². The molecule has 0 radical (unpaired) electrons. The minimum Gasteiger partial charge on any atom is -0.459 e. The van der Waals surface area contributed by atoms with Gasteiger partial charge in [-0.25, -0.2) is 9.59 Å². The van der Waals surface area contributed by atoms with Crippen molar-refractivity contribution in [2.75, 3.05) is 5.32 Å². The van der Waals surface area contributed by atoms with E-state index in [1.54, 1.807) is 38.1 Å². The van der Waals surface area contributed by atoms with Crippen LogP contribution in [0, 0.1) is 5.92 Å². The Balaban J connectivity index is 1.71. The number of esters is 1. The average Bonchev–Trinajstić information content (AvgIpc) is 3.04. The monoisotopic (exact) mass is 425 g/mol. The Morgan fingerprint density at radius 1 is 1.27 bits per heavy atom. The Labute approximate surface area is 177 Å². The van der Waals surface area contributed by atoms with Crippen molar-refractivity contribution in [3.63, 3.8) is 0 Å². The number of fused-ring (bicyclic) bond motifs is 2. The zero-order valence-corrected chi connectivity index (χ0v) is 17.9. The van der Waals surface area contributed by atoms with Crippen molar-refractivity contribution in [2.24, 2.45) is 5.92 Å². The molecule has 1 amide bonds. The van der Waals surface area contributed by atoms with E-state index < -0.39 is 17.5 Å². The number of ether oxygens (including phenoxy) is 1. The highest BCUT2D eigenvalue weighted by molar-refractivity contribution is 7.17. The molecule has 0 bridgehead atoms. The third-order valence-electron chi connectivity index (χ3n) is 5.18. The summed E-state index contributed by atoms with van der Waals surface area (Å²) < 4.78 is 10.7. The normalized spacial score (nSPS) is 15.8. The lowest BCUT2D eigenvalue weighted by molar-refractivity contribution is 0.0378. The third-order valence-corrected chi connectivity index (χ3v) is 6.35. The summed E-state index contributed by atoms with van der Waals surface area (Å²) >= 11 is 1.40. The first-order chi connectivity index (χ1) is 14.3. The Morgan fingerprint density at radius 2 is 2.03 bits per heavy atom. The van der Waals surface area contributed by atoms with Crippen molar-refractivity contribution in [1.82, 2.24) is 0 Å². The van der Waals surface area contributed by atoms with Gasteiger partial charge in [0, 0.05) is 4.88 Å². The van der Waals surface area contributed by atoms with E-state index in [2.05, 4.69) is 12.2 Å². The van der Waals surface area contributed by atoms with E-state index in [-0.39, 0.29) is 11.9 Å². The molecule has 4 rings (SSSR count). The predicted molar refractivity (Wildman–Crippen MR) is 116 cm³/mol. The van der Waals surface area contributed by atoms with Crippen LogP contribution >= 0.6 is 11.3 Å². The maximum atomic E-state index is 12.9. The lowest BCUT2D eigenvalue weighted by Gasteiger charge is -2.18. The molecule has 1 aliphatic carbocycles. The smallest absolute Gasteiger partial charge is 0.344 e. The maximum Gasteiger partial charge on any atom is 0.344 e. The number of nitrogens with one attached hydrogen (secondary N) is 1. The van der Waals surface area contributed by atoms with Crippen molar-refractivity contribution in [2.45, 2.75) is 46.1 Å². The summed E-state index contributed by atoms with van der Waals surface area (Å²) in [4.78, 5) is 39.0. The molecular formula is C23H23NO5S. The summed E-state index contributed by atoms with van der Waals surface area (Å²) in [6, 6.07) is 8.46.